The van der Waals surface area contributed by atoms with Crippen LogP contribution in [0.1, 0.15) is 21.5 Å². The molecule has 1 heterocycles. The van der Waals surface area contributed by atoms with Crippen molar-refractivity contribution in [2.24, 2.45) is 7.05 Å². The van der Waals surface area contributed by atoms with Gasteiger partial charge >= 0.3 is 0 Å². The highest BCUT2D eigenvalue weighted by molar-refractivity contribution is 6.16. The third-order valence-corrected chi connectivity index (χ3v) is 3.81. The minimum atomic E-state index is 0.0186. The zero-order valence-corrected chi connectivity index (χ0v) is 12.4. The Balaban J connectivity index is 2.13. The molecule has 21 heavy (non-hydrogen) atoms. The molecule has 2 aromatic carbocycles. The number of aromatic nitrogens is 1. The average Bonchev–Trinajstić information content (AvgIpc) is 2.85. The molecule has 0 unspecified atom stereocenters. The number of rotatable bonds is 3. The van der Waals surface area contributed by atoms with Gasteiger partial charge in [0.2, 0.25) is 0 Å². The highest BCUT2D eigenvalue weighted by Gasteiger charge is 2.16. The van der Waals surface area contributed by atoms with Crippen molar-refractivity contribution in [2.75, 3.05) is 7.11 Å². The minimum absolute atomic E-state index is 0.0186. The van der Waals surface area contributed by atoms with Crippen LogP contribution in [0.25, 0.3) is 10.9 Å². The van der Waals surface area contributed by atoms with E-state index in [1.165, 1.54) is 0 Å². The standard InChI is InChI=1S/C18H17NO2/c1-12-8-9-13(10-17(12)21-3)18(20)15-11-19(2)16-7-5-4-6-14(15)16/h4-11H,1-3H3. The molecule has 3 rings (SSSR count). The number of fused-ring (bicyclic) bond motifs is 1. The van der Waals surface area contributed by atoms with Crippen LogP contribution < -0.4 is 4.74 Å². The van der Waals surface area contributed by atoms with Crippen molar-refractivity contribution < 1.29 is 9.53 Å². The van der Waals surface area contributed by atoms with Gasteiger partial charge in [0.25, 0.3) is 0 Å². The quantitative estimate of drug-likeness (QED) is 0.684. The minimum Gasteiger partial charge on any atom is -0.496 e. The molecular formula is C18H17NO2. The first-order chi connectivity index (χ1) is 10.1. The molecule has 0 radical (unpaired) electrons. The predicted molar refractivity (Wildman–Crippen MR) is 84.1 cm³/mol. The number of carbonyl (C=O) groups is 1. The fourth-order valence-electron chi connectivity index (χ4n) is 2.64. The zero-order valence-electron chi connectivity index (χ0n) is 12.4. The van der Waals surface area contributed by atoms with Gasteiger partial charge in [0, 0.05) is 35.3 Å². The van der Waals surface area contributed by atoms with Crippen molar-refractivity contribution in [3.8, 4) is 5.75 Å². The maximum Gasteiger partial charge on any atom is 0.195 e. The number of methoxy groups -OCH3 is 1. The van der Waals surface area contributed by atoms with Gasteiger partial charge in [-0.2, -0.15) is 0 Å². The van der Waals surface area contributed by atoms with Crippen LogP contribution in [0.3, 0.4) is 0 Å². The molecule has 3 nitrogen and oxygen atoms in total. The molecule has 0 bridgehead atoms. The molecule has 3 heteroatoms. The Morgan fingerprint density at radius 2 is 1.90 bits per heavy atom. The lowest BCUT2D eigenvalue weighted by Gasteiger charge is -2.06. The Bertz CT molecular complexity index is 830. The second-order valence-electron chi connectivity index (χ2n) is 5.18. The Kier molecular flexibility index (Phi) is 3.26. The van der Waals surface area contributed by atoms with Gasteiger partial charge < -0.3 is 9.30 Å². The Hall–Kier alpha value is -2.55. The van der Waals surface area contributed by atoms with Crippen LogP contribution >= 0.6 is 0 Å². The lowest BCUT2D eigenvalue weighted by Crippen LogP contribution is -2.01. The van der Waals surface area contributed by atoms with Crippen molar-refractivity contribution in [2.45, 2.75) is 6.92 Å². The number of ether oxygens (including phenoxy) is 1. The molecule has 1 aromatic heterocycles. The number of para-hydroxylation sites is 1. The summed E-state index contributed by atoms with van der Waals surface area (Å²) in [7, 11) is 3.57. The van der Waals surface area contributed by atoms with E-state index in [9.17, 15) is 4.79 Å². The summed E-state index contributed by atoms with van der Waals surface area (Å²) in [4.78, 5) is 12.8. The summed E-state index contributed by atoms with van der Waals surface area (Å²) >= 11 is 0. The molecule has 106 valence electrons. The average molecular weight is 279 g/mol. The van der Waals surface area contributed by atoms with E-state index < -0.39 is 0 Å². The summed E-state index contributed by atoms with van der Waals surface area (Å²) < 4.78 is 7.29. The smallest absolute Gasteiger partial charge is 0.195 e. The van der Waals surface area contributed by atoms with Gasteiger partial charge in [0.1, 0.15) is 5.75 Å². The summed E-state index contributed by atoms with van der Waals surface area (Å²) in [6, 6.07) is 13.5. The molecule has 0 aliphatic rings. The summed E-state index contributed by atoms with van der Waals surface area (Å²) in [5.74, 6) is 0.756. The van der Waals surface area contributed by atoms with Gasteiger partial charge in [-0.15, -0.1) is 0 Å². The van der Waals surface area contributed by atoms with Crippen LogP contribution in [0.4, 0.5) is 0 Å². The third kappa shape index (κ3) is 2.21. The summed E-state index contributed by atoms with van der Waals surface area (Å²) in [6.45, 7) is 1.96. The van der Waals surface area contributed by atoms with Crippen LogP contribution in [0.15, 0.2) is 48.7 Å². The van der Waals surface area contributed by atoms with Crippen LogP contribution in [0, 0.1) is 6.92 Å². The maximum absolute atomic E-state index is 12.8. The number of hydrogen-bond acceptors (Lipinski definition) is 2. The van der Waals surface area contributed by atoms with E-state index in [1.807, 2.05) is 61.1 Å². The van der Waals surface area contributed by atoms with E-state index in [2.05, 4.69) is 0 Å². The van der Waals surface area contributed by atoms with E-state index in [4.69, 9.17) is 4.74 Å². The van der Waals surface area contributed by atoms with Gasteiger partial charge in [-0.1, -0.05) is 30.3 Å². The normalized spacial score (nSPS) is 10.8. The number of ketones is 1. The number of aryl methyl sites for hydroxylation is 2. The van der Waals surface area contributed by atoms with Crippen molar-refractivity contribution in [1.29, 1.82) is 0 Å². The number of hydrogen-bond donors (Lipinski definition) is 0. The number of benzene rings is 2. The van der Waals surface area contributed by atoms with Gasteiger partial charge in [-0.05, 0) is 24.6 Å². The predicted octanol–water partition coefficient (Wildman–Crippen LogP) is 3.73. The van der Waals surface area contributed by atoms with E-state index in [0.29, 0.717) is 5.56 Å². The molecule has 0 aliphatic carbocycles. The molecule has 0 saturated carbocycles. The monoisotopic (exact) mass is 279 g/mol. The Morgan fingerprint density at radius 1 is 1.14 bits per heavy atom. The first kappa shape index (κ1) is 13.4. The molecule has 0 atom stereocenters. The highest BCUT2D eigenvalue weighted by Crippen LogP contribution is 2.25. The molecule has 0 aliphatic heterocycles. The molecule has 0 spiro atoms. The largest absolute Gasteiger partial charge is 0.496 e. The molecule has 0 N–H and O–H groups in total. The van der Waals surface area contributed by atoms with Crippen molar-refractivity contribution >= 4 is 16.7 Å². The second kappa shape index (κ2) is 5.09. The van der Waals surface area contributed by atoms with Crippen molar-refractivity contribution in [3.05, 3.63) is 65.4 Å². The van der Waals surface area contributed by atoms with E-state index in [0.717, 1.165) is 27.8 Å². The summed E-state index contributed by atoms with van der Waals surface area (Å²) in [5.41, 5.74) is 3.44. The van der Waals surface area contributed by atoms with E-state index in [-0.39, 0.29) is 5.78 Å². The fourth-order valence-corrected chi connectivity index (χ4v) is 2.64. The summed E-state index contributed by atoms with van der Waals surface area (Å²) in [5, 5.41) is 0.976. The Morgan fingerprint density at radius 3 is 2.67 bits per heavy atom. The molecule has 0 fully saturated rings. The SMILES string of the molecule is COc1cc(C(=O)c2cn(C)c3ccccc23)ccc1C. The number of nitrogens with zero attached hydrogens (tertiary/aromatic N) is 1. The Labute approximate surface area is 123 Å². The van der Waals surface area contributed by atoms with Gasteiger partial charge in [0.05, 0.1) is 7.11 Å². The highest BCUT2D eigenvalue weighted by atomic mass is 16.5. The van der Waals surface area contributed by atoms with Crippen molar-refractivity contribution in [3.63, 3.8) is 0 Å². The maximum atomic E-state index is 12.8. The summed E-state index contributed by atoms with van der Waals surface area (Å²) in [6.07, 6.45) is 1.89. The lowest BCUT2D eigenvalue weighted by atomic mass is 10.0. The number of carbonyl (C=O) groups excluding carboxylic acids is 1. The van der Waals surface area contributed by atoms with Crippen LogP contribution in [0.2, 0.25) is 0 Å². The lowest BCUT2D eigenvalue weighted by molar-refractivity contribution is 0.104. The zero-order chi connectivity index (χ0) is 15.0. The van der Waals surface area contributed by atoms with Crippen LogP contribution in [0.5, 0.6) is 5.75 Å². The van der Waals surface area contributed by atoms with E-state index in [1.54, 1.807) is 13.2 Å². The molecule has 0 saturated heterocycles. The van der Waals surface area contributed by atoms with Gasteiger partial charge in [-0.25, -0.2) is 0 Å². The second-order valence-corrected chi connectivity index (χ2v) is 5.18. The van der Waals surface area contributed by atoms with Crippen LogP contribution in [-0.2, 0) is 7.05 Å². The first-order valence-corrected chi connectivity index (χ1v) is 6.85. The van der Waals surface area contributed by atoms with E-state index >= 15 is 0 Å². The van der Waals surface area contributed by atoms with Gasteiger partial charge in [0.15, 0.2) is 5.78 Å². The van der Waals surface area contributed by atoms with Gasteiger partial charge in [-0.3, -0.25) is 4.79 Å². The van der Waals surface area contributed by atoms with Crippen LogP contribution in [-0.4, -0.2) is 17.5 Å². The molecule has 0 amide bonds. The molecule has 3 aromatic rings. The third-order valence-electron chi connectivity index (χ3n) is 3.81. The van der Waals surface area contributed by atoms with Crippen molar-refractivity contribution in [1.82, 2.24) is 4.57 Å². The topological polar surface area (TPSA) is 31.2 Å². The molecular weight excluding hydrogens is 262 g/mol. The fraction of sp³-hybridized carbons (Fsp3) is 0.167. The first-order valence-electron chi connectivity index (χ1n) is 6.85.